The van der Waals surface area contributed by atoms with Crippen molar-refractivity contribution in [3.05, 3.63) is 35.8 Å². The van der Waals surface area contributed by atoms with Gasteiger partial charge in [0.2, 0.25) is 0 Å². The van der Waals surface area contributed by atoms with E-state index in [4.69, 9.17) is 9.84 Å². The van der Waals surface area contributed by atoms with Crippen LogP contribution in [0.4, 0.5) is 0 Å². The molecule has 0 aromatic heterocycles. The van der Waals surface area contributed by atoms with Crippen LogP contribution in [-0.4, -0.2) is 11.1 Å². The van der Waals surface area contributed by atoms with Gasteiger partial charge in [-0.15, -0.1) is 0 Å². The molecule has 0 atom stereocenters. The summed E-state index contributed by atoms with van der Waals surface area (Å²) in [7, 11) is 0. The van der Waals surface area contributed by atoms with Crippen molar-refractivity contribution in [1.29, 1.82) is 0 Å². The Kier molecular flexibility index (Phi) is 15.1. The summed E-state index contributed by atoms with van der Waals surface area (Å²) in [5.74, 6) is -0.452. The summed E-state index contributed by atoms with van der Waals surface area (Å²) in [5.41, 5.74) is 0. The first-order chi connectivity index (χ1) is 11.3. The van der Waals surface area contributed by atoms with Crippen molar-refractivity contribution in [3.63, 3.8) is 0 Å². The molecule has 132 valence electrons. The number of hydrogen-bond acceptors (Lipinski definition) is 2. The maximum atomic E-state index is 10.5. The van der Waals surface area contributed by atoms with Crippen molar-refractivity contribution in [2.24, 2.45) is 0 Å². The zero-order valence-electron chi connectivity index (χ0n) is 15.3. The maximum Gasteiger partial charge on any atom is 0.375 e. The molecular formula is C20H32O3Zn. The summed E-state index contributed by atoms with van der Waals surface area (Å²) in [5, 5.41) is 8.61. The summed E-state index contributed by atoms with van der Waals surface area (Å²) in [6.45, 7) is 2.26. The predicted molar refractivity (Wildman–Crippen MR) is 95.1 cm³/mol. The van der Waals surface area contributed by atoms with Gasteiger partial charge in [0.25, 0.3) is 5.76 Å². The summed E-state index contributed by atoms with van der Waals surface area (Å²) < 4.78 is 4.81. The number of carboxylic acids is 1. The number of rotatable bonds is 15. The van der Waals surface area contributed by atoms with Crippen LogP contribution in [0.5, 0.6) is 0 Å². The molecule has 0 bridgehead atoms. The molecular weight excluding hydrogens is 354 g/mol. The van der Waals surface area contributed by atoms with E-state index in [9.17, 15) is 4.79 Å². The smallest absolute Gasteiger partial charge is 0.375 e. The van der Waals surface area contributed by atoms with Gasteiger partial charge in [-0.1, -0.05) is 89.4 Å². The van der Waals surface area contributed by atoms with E-state index in [-0.39, 0.29) is 25.2 Å². The van der Waals surface area contributed by atoms with Gasteiger partial charge in [0, 0.05) is 19.5 Å². The maximum absolute atomic E-state index is 10.5. The fraction of sp³-hybridized carbons (Fsp3) is 0.650. The second kappa shape index (κ2) is 15.6. The number of ether oxygens (including phenoxy) is 1. The van der Waals surface area contributed by atoms with E-state index in [2.05, 4.69) is 13.0 Å². The summed E-state index contributed by atoms with van der Waals surface area (Å²) in [6.07, 6.45) is 23.8. The summed E-state index contributed by atoms with van der Waals surface area (Å²) in [6, 6.07) is 0. The van der Waals surface area contributed by atoms with Gasteiger partial charge in [0.05, 0.1) is 0 Å². The Morgan fingerprint density at radius 3 is 1.96 bits per heavy atom. The molecule has 0 amide bonds. The zero-order valence-corrected chi connectivity index (χ0v) is 18.2. The first kappa shape index (κ1) is 23.1. The molecule has 0 aromatic rings. The second-order valence-corrected chi connectivity index (χ2v) is 6.21. The summed E-state index contributed by atoms with van der Waals surface area (Å²) >= 11 is 0. The van der Waals surface area contributed by atoms with Gasteiger partial charge in [-0.2, -0.15) is 0 Å². The van der Waals surface area contributed by atoms with Crippen molar-refractivity contribution in [2.45, 2.75) is 84.0 Å². The molecule has 1 aliphatic rings. The van der Waals surface area contributed by atoms with Crippen molar-refractivity contribution in [3.8, 4) is 0 Å². The van der Waals surface area contributed by atoms with Crippen LogP contribution in [0.3, 0.4) is 0 Å². The van der Waals surface area contributed by atoms with Gasteiger partial charge in [0.1, 0.15) is 0 Å². The molecule has 3 nitrogen and oxygen atoms in total. The number of carboxylic acid groups (broad SMARTS) is 1. The van der Waals surface area contributed by atoms with E-state index < -0.39 is 5.97 Å². The molecule has 0 fully saturated rings. The molecule has 1 rings (SSSR count). The van der Waals surface area contributed by atoms with Crippen molar-refractivity contribution in [1.82, 2.24) is 0 Å². The van der Waals surface area contributed by atoms with E-state index >= 15 is 0 Å². The summed E-state index contributed by atoms with van der Waals surface area (Å²) in [4.78, 5) is 10.5. The van der Waals surface area contributed by atoms with Crippen LogP contribution in [0, 0.1) is 0 Å². The molecule has 0 spiro atoms. The predicted octanol–water partition coefficient (Wildman–Crippen LogP) is 6.12. The third-order valence-corrected chi connectivity index (χ3v) is 4.06. The van der Waals surface area contributed by atoms with Gasteiger partial charge >= 0.3 is 5.97 Å². The number of aliphatic carboxylic acids is 1. The molecule has 0 radical (unpaired) electrons. The fourth-order valence-corrected chi connectivity index (χ4v) is 2.59. The molecule has 24 heavy (non-hydrogen) atoms. The fourth-order valence-electron chi connectivity index (χ4n) is 2.59. The number of hydrogen-bond donors (Lipinski definition) is 1. The number of carbonyl (C=O) groups is 1. The Balaban J connectivity index is 0.00000529. The molecule has 1 heterocycles. The van der Waals surface area contributed by atoms with Crippen LogP contribution in [0.25, 0.3) is 0 Å². The van der Waals surface area contributed by atoms with E-state index in [1.165, 1.54) is 70.6 Å². The normalized spacial score (nSPS) is 13.4. The van der Waals surface area contributed by atoms with Gasteiger partial charge in [-0.05, 0) is 18.9 Å². The van der Waals surface area contributed by atoms with E-state index in [0.717, 1.165) is 6.42 Å². The Morgan fingerprint density at radius 2 is 1.46 bits per heavy atom. The van der Waals surface area contributed by atoms with Gasteiger partial charge in [-0.3, -0.25) is 0 Å². The van der Waals surface area contributed by atoms with E-state index in [1.807, 2.05) is 12.2 Å². The average Bonchev–Trinajstić information content (AvgIpc) is 3.31. The van der Waals surface area contributed by atoms with Gasteiger partial charge < -0.3 is 9.84 Å². The zero-order chi connectivity index (χ0) is 16.8. The van der Waals surface area contributed by atoms with Gasteiger partial charge in [0.15, 0.2) is 5.76 Å². The SMILES string of the molecule is CCCCCCCCCCCCCC=CC=CC1=C(C(=O)O)O1.[Zn]. The van der Waals surface area contributed by atoms with Crippen LogP contribution in [0.15, 0.2) is 35.8 Å². The van der Waals surface area contributed by atoms with Crippen molar-refractivity contribution in [2.75, 3.05) is 0 Å². The van der Waals surface area contributed by atoms with E-state index in [0.29, 0.717) is 5.76 Å². The first-order valence-electron chi connectivity index (χ1n) is 9.24. The number of allylic oxidation sites excluding steroid dienone is 4. The van der Waals surface area contributed by atoms with Crippen molar-refractivity contribution >= 4 is 5.97 Å². The van der Waals surface area contributed by atoms with Crippen LogP contribution in [-0.2, 0) is 29.0 Å². The minimum Gasteiger partial charge on any atom is -0.475 e. The molecule has 0 aromatic carbocycles. The van der Waals surface area contributed by atoms with Crippen LogP contribution in [0.2, 0.25) is 0 Å². The monoisotopic (exact) mass is 384 g/mol. The quantitative estimate of drug-likeness (QED) is 0.210. The molecule has 0 unspecified atom stereocenters. The second-order valence-electron chi connectivity index (χ2n) is 6.21. The Labute approximate surface area is 160 Å². The average molecular weight is 386 g/mol. The first-order valence-corrected chi connectivity index (χ1v) is 9.24. The Hall–Kier alpha value is -0.887. The standard InChI is InChI=1S/C20H32O3.Zn/c1-2-3-4-5-6-7-8-9-10-11-12-13-14-15-16-17-18-19(23-18)20(21)22;/h14-17H,2-13H2,1H3,(H,21,22);. The molecule has 0 aliphatic carbocycles. The van der Waals surface area contributed by atoms with Crippen molar-refractivity contribution < 1.29 is 34.1 Å². The third-order valence-electron chi connectivity index (χ3n) is 4.06. The van der Waals surface area contributed by atoms with Crippen LogP contribution < -0.4 is 0 Å². The topological polar surface area (TPSA) is 49.8 Å². The molecule has 0 saturated heterocycles. The molecule has 1 N–H and O–H groups in total. The molecule has 1 aliphatic heterocycles. The largest absolute Gasteiger partial charge is 0.475 e. The third kappa shape index (κ3) is 12.5. The molecule has 0 saturated carbocycles. The number of unbranched alkanes of at least 4 members (excludes halogenated alkanes) is 11. The van der Waals surface area contributed by atoms with Crippen LogP contribution in [0.1, 0.15) is 84.0 Å². The minimum absolute atomic E-state index is 0. The Morgan fingerprint density at radius 1 is 0.917 bits per heavy atom. The molecule has 4 heteroatoms. The van der Waals surface area contributed by atoms with E-state index in [1.54, 1.807) is 6.08 Å². The van der Waals surface area contributed by atoms with Gasteiger partial charge in [-0.25, -0.2) is 4.79 Å². The Bertz CT molecular complexity index is 425. The minimum atomic E-state index is -0.991. The van der Waals surface area contributed by atoms with Crippen LogP contribution >= 0.6 is 0 Å².